The Morgan fingerprint density at radius 1 is 1.00 bits per heavy atom. The zero-order valence-corrected chi connectivity index (χ0v) is 16.9. The van der Waals surface area contributed by atoms with E-state index in [1.807, 2.05) is 30.3 Å². The summed E-state index contributed by atoms with van der Waals surface area (Å²) in [6.45, 7) is 0.203. The summed E-state index contributed by atoms with van der Waals surface area (Å²) >= 11 is 5.84. The van der Waals surface area contributed by atoms with Crippen LogP contribution in [0.25, 0.3) is 0 Å². The molecule has 0 bridgehead atoms. The molecule has 1 saturated heterocycles. The molecule has 150 valence electrons. The summed E-state index contributed by atoms with van der Waals surface area (Å²) in [6, 6.07) is 16.3. The minimum absolute atomic E-state index is 0.0937. The van der Waals surface area contributed by atoms with Gasteiger partial charge in [-0.3, -0.25) is 4.79 Å². The molecule has 0 radical (unpaired) electrons. The second-order valence-electron chi connectivity index (χ2n) is 6.90. The fourth-order valence-corrected chi connectivity index (χ4v) is 4.81. The Labute approximate surface area is 170 Å². The van der Waals surface area contributed by atoms with Crippen molar-refractivity contribution < 1.29 is 18.3 Å². The number of β-amino-alcohol motifs (C(OH)–C–C–N with tert-alkyl or cyclic N) is 1. The summed E-state index contributed by atoms with van der Waals surface area (Å²) in [5.41, 5.74) is 1.66. The minimum Gasteiger partial charge on any atom is -0.390 e. The van der Waals surface area contributed by atoms with E-state index in [9.17, 15) is 18.3 Å². The lowest BCUT2D eigenvalue weighted by molar-refractivity contribution is -0.131. The first-order valence-corrected chi connectivity index (χ1v) is 11.0. The summed E-state index contributed by atoms with van der Waals surface area (Å²) in [7, 11) is -3.75. The summed E-state index contributed by atoms with van der Waals surface area (Å²) in [6.07, 6.45) is -0.279. The van der Waals surface area contributed by atoms with Crippen LogP contribution < -0.4 is 0 Å². The van der Waals surface area contributed by atoms with Crippen molar-refractivity contribution in [3.05, 3.63) is 70.7 Å². The first-order chi connectivity index (χ1) is 13.3. The summed E-state index contributed by atoms with van der Waals surface area (Å²) < 4.78 is 26.6. The van der Waals surface area contributed by atoms with E-state index in [2.05, 4.69) is 0 Å². The molecule has 0 aliphatic carbocycles. The number of carbonyl (C=O) groups excluding carboxylic acids is 1. The third-order valence-electron chi connectivity index (χ3n) is 4.68. The first-order valence-electron chi connectivity index (χ1n) is 9.05. The quantitative estimate of drug-likeness (QED) is 0.771. The summed E-state index contributed by atoms with van der Waals surface area (Å²) in [4.78, 5) is 14.2. The zero-order chi connectivity index (χ0) is 20.1. The molecule has 0 aromatic heterocycles. The van der Waals surface area contributed by atoms with Crippen LogP contribution in [-0.4, -0.2) is 60.9 Å². The van der Waals surface area contributed by atoms with Crippen molar-refractivity contribution >= 4 is 27.5 Å². The molecule has 1 fully saturated rings. The number of halogens is 1. The van der Waals surface area contributed by atoms with E-state index in [4.69, 9.17) is 11.6 Å². The first kappa shape index (κ1) is 20.8. The van der Waals surface area contributed by atoms with Crippen LogP contribution in [0.1, 0.15) is 11.1 Å². The topological polar surface area (TPSA) is 77.9 Å². The number of amides is 1. The molecule has 2 aromatic rings. The fraction of sp³-hybridized carbons (Fsp3) is 0.350. The Balaban J connectivity index is 1.67. The molecule has 2 aromatic carbocycles. The van der Waals surface area contributed by atoms with Gasteiger partial charge in [0.05, 0.1) is 18.4 Å². The molecule has 1 aliphatic heterocycles. The Morgan fingerprint density at radius 2 is 1.68 bits per heavy atom. The summed E-state index contributed by atoms with van der Waals surface area (Å²) in [5, 5.41) is 10.8. The maximum absolute atomic E-state index is 12.8. The highest BCUT2D eigenvalue weighted by Crippen LogP contribution is 2.17. The van der Waals surface area contributed by atoms with Crippen molar-refractivity contribution in [1.29, 1.82) is 0 Å². The number of hydrogen-bond acceptors (Lipinski definition) is 4. The number of aliphatic hydroxyl groups excluding tert-OH is 1. The summed E-state index contributed by atoms with van der Waals surface area (Å²) in [5.74, 6) is -0.541. The van der Waals surface area contributed by atoms with E-state index < -0.39 is 16.1 Å². The van der Waals surface area contributed by atoms with E-state index in [0.29, 0.717) is 23.6 Å². The molecule has 1 N–H and O–H groups in total. The SMILES string of the molecule is O=C1CN(S(=O)(=O)Cc2ccc(Cl)cc2)CC(O)CN1CCc1ccccc1. The normalized spacial score (nSPS) is 18.9. The van der Waals surface area contributed by atoms with Crippen molar-refractivity contribution in [3.8, 4) is 0 Å². The molecule has 3 rings (SSSR count). The van der Waals surface area contributed by atoms with Gasteiger partial charge in [0.15, 0.2) is 0 Å². The number of sulfonamides is 1. The van der Waals surface area contributed by atoms with Crippen molar-refractivity contribution in [1.82, 2.24) is 9.21 Å². The molecular weight excluding hydrogens is 400 g/mol. The number of rotatable bonds is 6. The lowest BCUT2D eigenvalue weighted by Crippen LogP contribution is -2.40. The predicted molar refractivity (Wildman–Crippen MR) is 108 cm³/mol. The van der Waals surface area contributed by atoms with Crippen molar-refractivity contribution in [2.75, 3.05) is 26.2 Å². The second kappa shape index (κ2) is 9.05. The monoisotopic (exact) mass is 422 g/mol. The fourth-order valence-electron chi connectivity index (χ4n) is 3.18. The average molecular weight is 423 g/mol. The molecule has 0 saturated carbocycles. The van der Waals surface area contributed by atoms with Crippen molar-refractivity contribution in [2.24, 2.45) is 0 Å². The van der Waals surface area contributed by atoms with Crippen LogP contribution >= 0.6 is 11.6 Å². The molecule has 28 heavy (non-hydrogen) atoms. The smallest absolute Gasteiger partial charge is 0.237 e. The predicted octanol–water partition coefficient (Wildman–Crippen LogP) is 1.92. The van der Waals surface area contributed by atoms with Gasteiger partial charge in [0, 0.05) is 24.7 Å². The van der Waals surface area contributed by atoms with E-state index >= 15 is 0 Å². The molecule has 8 heteroatoms. The van der Waals surface area contributed by atoms with Gasteiger partial charge in [-0.15, -0.1) is 0 Å². The maximum Gasteiger partial charge on any atom is 0.237 e. The van der Waals surface area contributed by atoms with Crippen LogP contribution in [-0.2, 0) is 27.0 Å². The van der Waals surface area contributed by atoms with Crippen LogP contribution in [0.2, 0.25) is 5.02 Å². The Morgan fingerprint density at radius 3 is 2.36 bits per heavy atom. The van der Waals surface area contributed by atoms with Crippen LogP contribution in [0.15, 0.2) is 54.6 Å². The molecule has 6 nitrogen and oxygen atoms in total. The van der Waals surface area contributed by atoms with Gasteiger partial charge in [-0.2, -0.15) is 4.31 Å². The number of benzene rings is 2. The maximum atomic E-state index is 12.8. The van der Waals surface area contributed by atoms with Crippen LogP contribution in [0, 0.1) is 0 Å². The highest BCUT2D eigenvalue weighted by Gasteiger charge is 2.33. The van der Waals surface area contributed by atoms with E-state index in [-0.39, 0.29) is 31.3 Å². The molecule has 0 spiro atoms. The second-order valence-corrected chi connectivity index (χ2v) is 9.31. The van der Waals surface area contributed by atoms with Crippen LogP contribution in [0.5, 0.6) is 0 Å². The highest BCUT2D eigenvalue weighted by atomic mass is 35.5. The number of aliphatic hydroxyl groups is 1. The molecule has 1 aliphatic rings. The number of carbonyl (C=O) groups is 1. The lowest BCUT2D eigenvalue weighted by atomic mass is 10.1. The molecule has 1 unspecified atom stereocenters. The zero-order valence-electron chi connectivity index (χ0n) is 15.4. The Kier molecular flexibility index (Phi) is 6.72. The van der Waals surface area contributed by atoms with Crippen LogP contribution in [0.3, 0.4) is 0 Å². The molecule has 1 amide bonds. The van der Waals surface area contributed by atoms with Gasteiger partial charge in [-0.05, 0) is 29.7 Å². The Hall–Kier alpha value is -1.93. The van der Waals surface area contributed by atoms with Gasteiger partial charge in [0.1, 0.15) is 0 Å². The highest BCUT2D eigenvalue weighted by molar-refractivity contribution is 7.88. The molecule has 1 heterocycles. The van der Waals surface area contributed by atoms with Crippen molar-refractivity contribution in [3.63, 3.8) is 0 Å². The van der Waals surface area contributed by atoms with Gasteiger partial charge in [-0.25, -0.2) is 8.42 Å². The van der Waals surface area contributed by atoms with Gasteiger partial charge in [0.25, 0.3) is 0 Å². The average Bonchev–Trinajstić information content (AvgIpc) is 2.81. The standard InChI is InChI=1S/C20H23ClN2O4S/c21-18-8-6-17(7-9-18)15-28(26,27)23-13-19(24)12-22(20(25)14-23)11-10-16-4-2-1-3-5-16/h1-9,19,24H,10-15H2. The van der Waals surface area contributed by atoms with E-state index in [0.717, 1.165) is 9.87 Å². The largest absolute Gasteiger partial charge is 0.390 e. The van der Waals surface area contributed by atoms with Crippen LogP contribution in [0.4, 0.5) is 0 Å². The lowest BCUT2D eigenvalue weighted by Gasteiger charge is -2.22. The van der Waals surface area contributed by atoms with E-state index in [1.165, 1.54) is 4.90 Å². The van der Waals surface area contributed by atoms with Gasteiger partial charge in [-0.1, -0.05) is 54.1 Å². The van der Waals surface area contributed by atoms with Crippen molar-refractivity contribution in [2.45, 2.75) is 18.3 Å². The minimum atomic E-state index is -3.75. The number of hydrogen-bond donors (Lipinski definition) is 1. The third-order valence-corrected chi connectivity index (χ3v) is 6.69. The molecular formula is C20H23ClN2O4S. The molecule has 1 atom stereocenters. The van der Waals surface area contributed by atoms with Gasteiger partial charge < -0.3 is 10.0 Å². The number of nitrogens with zero attached hydrogens (tertiary/aromatic N) is 2. The Bertz CT molecular complexity index is 904. The third kappa shape index (κ3) is 5.54. The van der Waals surface area contributed by atoms with Gasteiger partial charge in [0.2, 0.25) is 15.9 Å². The van der Waals surface area contributed by atoms with E-state index in [1.54, 1.807) is 24.3 Å². The van der Waals surface area contributed by atoms with Gasteiger partial charge >= 0.3 is 0 Å².